The first-order valence-corrected chi connectivity index (χ1v) is 7.17. The quantitative estimate of drug-likeness (QED) is 0.805. The lowest BCUT2D eigenvalue weighted by molar-refractivity contribution is 0.414. The predicted molar refractivity (Wildman–Crippen MR) is 87.7 cm³/mol. The van der Waals surface area contributed by atoms with Gasteiger partial charge in [-0.2, -0.15) is 5.10 Å². The minimum Gasteiger partial charge on any atom is -0.505 e. The highest BCUT2D eigenvalue weighted by molar-refractivity contribution is 5.64. The van der Waals surface area contributed by atoms with E-state index in [-0.39, 0.29) is 11.3 Å². The van der Waals surface area contributed by atoms with Crippen LogP contribution in [0.4, 0.5) is 0 Å². The molecule has 1 aromatic heterocycles. The zero-order chi connectivity index (χ0) is 16.2. The summed E-state index contributed by atoms with van der Waals surface area (Å²) in [6, 6.07) is 17.9. The van der Waals surface area contributed by atoms with Crippen molar-refractivity contribution in [2.45, 2.75) is 6.54 Å². The third-order valence-electron chi connectivity index (χ3n) is 3.52. The Labute approximate surface area is 133 Å². The molecule has 2 aromatic carbocycles. The van der Waals surface area contributed by atoms with Crippen molar-refractivity contribution < 1.29 is 9.84 Å². The highest BCUT2D eigenvalue weighted by Gasteiger charge is 2.10. The van der Waals surface area contributed by atoms with Crippen LogP contribution in [0, 0.1) is 0 Å². The summed E-state index contributed by atoms with van der Waals surface area (Å²) in [5.41, 5.74) is 1.72. The molecule has 0 aliphatic heterocycles. The Kier molecular flexibility index (Phi) is 4.10. The Hall–Kier alpha value is -3.08. The first kappa shape index (κ1) is 14.8. The topological polar surface area (TPSA) is 64.3 Å². The van der Waals surface area contributed by atoms with Gasteiger partial charge in [0, 0.05) is 11.6 Å². The van der Waals surface area contributed by atoms with Gasteiger partial charge in [0.05, 0.1) is 13.7 Å². The van der Waals surface area contributed by atoms with Gasteiger partial charge in [0.2, 0.25) is 0 Å². The van der Waals surface area contributed by atoms with Gasteiger partial charge in [-0.05, 0) is 17.7 Å². The molecule has 0 spiro atoms. The van der Waals surface area contributed by atoms with E-state index < -0.39 is 0 Å². The molecule has 0 fully saturated rings. The molecule has 3 rings (SSSR count). The Morgan fingerprint density at radius 2 is 1.78 bits per heavy atom. The number of aromatic hydroxyl groups is 1. The van der Waals surface area contributed by atoms with Crippen molar-refractivity contribution in [3.63, 3.8) is 0 Å². The van der Waals surface area contributed by atoms with Crippen molar-refractivity contribution in [2.24, 2.45) is 0 Å². The molecule has 0 saturated heterocycles. The van der Waals surface area contributed by atoms with Crippen molar-refractivity contribution >= 4 is 0 Å². The van der Waals surface area contributed by atoms with Crippen LogP contribution in [0.25, 0.3) is 11.3 Å². The lowest BCUT2D eigenvalue weighted by Gasteiger charge is -2.09. The van der Waals surface area contributed by atoms with Gasteiger partial charge >= 0.3 is 0 Å². The van der Waals surface area contributed by atoms with Gasteiger partial charge in [-0.3, -0.25) is 4.79 Å². The molecule has 5 heteroatoms. The van der Waals surface area contributed by atoms with Crippen LogP contribution in [0.15, 0.2) is 65.5 Å². The van der Waals surface area contributed by atoms with Gasteiger partial charge in [0.15, 0.2) is 0 Å². The second-order valence-electron chi connectivity index (χ2n) is 5.09. The maximum absolute atomic E-state index is 12.1. The highest BCUT2D eigenvalue weighted by atomic mass is 16.5. The van der Waals surface area contributed by atoms with Crippen LogP contribution in [0.5, 0.6) is 11.5 Å². The second kappa shape index (κ2) is 6.36. The van der Waals surface area contributed by atoms with Gasteiger partial charge in [-0.25, -0.2) is 4.68 Å². The predicted octanol–water partition coefficient (Wildman–Crippen LogP) is 2.67. The summed E-state index contributed by atoms with van der Waals surface area (Å²) in [6.45, 7) is 0.322. The van der Waals surface area contributed by atoms with E-state index in [0.717, 1.165) is 16.9 Å². The van der Waals surface area contributed by atoms with Crippen molar-refractivity contribution in [1.82, 2.24) is 9.78 Å². The molecule has 0 amide bonds. The highest BCUT2D eigenvalue weighted by Crippen LogP contribution is 2.24. The Morgan fingerprint density at radius 3 is 2.43 bits per heavy atom. The Morgan fingerprint density at radius 1 is 1.09 bits per heavy atom. The molecule has 0 unspecified atom stereocenters. The summed E-state index contributed by atoms with van der Waals surface area (Å²) in [5, 5.41) is 14.3. The number of hydrogen-bond donors (Lipinski definition) is 1. The minimum absolute atomic E-state index is 0.118. The molecule has 0 aliphatic carbocycles. The molecule has 3 aromatic rings. The summed E-state index contributed by atoms with van der Waals surface area (Å²) in [6.07, 6.45) is 0. The molecule has 5 nitrogen and oxygen atoms in total. The molecular formula is C18H16N2O3. The second-order valence-corrected chi connectivity index (χ2v) is 5.09. The number of hydrogen-bond acceptors (Lipinski definition) is 4. The Balaban J connectivity index is 1.97. The van der Waals surface area contributed by atoms with Crippen molar-refractivity contribution in [3.8, 4) is 22.8 Å². The molecule has 0 aliphatic rings. The average Bonchev–Trinajstić information content (AvgIpc) is 2.59. The van der Waals surface area contributed by atoms with E-state index in [1.165, 1.54) is 10.7 Å². The molecule has 1 N–H and O–H groups in total. The van der Waals surface area contributed by atoms with E-state index in [9.17, 15) is 9.90 Å². The van der Waals surface area contributed by atoms with Crippen LogP contribution >= 0.6 is 0 Å². The van der Waals surface area contributed by atoms with Crippen LogP contribution in [0.3, 0.4) is 0 Å². The molecular weight excluding hydrogens is 292 g/mol. The number of methoxy groups -OCH3 is 1. The molecule has 0 bridgehead atoms. The molecule has 1 heterocycles. The van der Waals surface area contributed by atoms with E-state index in [4.69, 9.17) is 4.74 Å². The van der Waals surface area contributed by atoms with Gasteiger partial charge in [0.25, 0.3) is 5.56 Å². The summed E-state index contributed by atoms with van der Waals surface area (Å²) in [5.74, 6) is 0.636. The first-order valence-electron chi connectivity index (χ1n) is 7.17. The molecule has 0 atom stereocenters. The van der Waals surface area contributed by atoms with E-state index >= 15 is 0 Å². The van der Waals surface area contributed by atoms with Crippen molar-refractivity contribution in [1.29, 1.82) is 0 Å². The third kappa shape index (κ3) is 3.23. The maximum Gasteiger partial charge on any atom is 0.270 e. The zero-order valence-corrected chi connectivity index (χ0v) is 12.6. The van der Waals surface area contributed by atoms with Crippen molar-refractivity contribution in [3.05, 3.63) is 76.6 Å². The lowest BCUT2D eigenvalue weighted by atomic mass is 10.1. The molecule has 23 heavy (non-hydrogen) atoms. The summed E-state index contributed by atoms with van der Waals surface area (Å²) in [4.78, 5) is 12.1. The standard InChI is InChI=1S/C18H16N2O3/c1-23-15-9-7-13(8-10-15)12-20-17(22)11-16(21)18(19-20)14-5-3-2-4-6-14/h2-11,21H,12H2,1H3. The number of rotatable bonds is 4. The first-order chi connectivity index (χ1) is 11.2. The molecule has 0 saturated carbocycles. The van der Waals surface area contributed by atoms with Gasteiger partial charge < -0.3 is 9.84 Å². The SMILES string of the molecule is COc1ccc(Cn2nc(-c3ccccc3)c(O)cc2=O)cc1. The van der Waals surface area contributed by atoms with E-state index in [0.29, 0.717) is 12.2 Å². The van der Waals surface area contributed by atoms with Gasteiger partial charge in [0.1, 0.15) is 17.2 Å². The fourth-order valence-electron chi connectivity index (χ4n) is 2.30. The minimum atomic E-state index is -0.349. The zero-order valence-electron chi connectivity index (χ0n) is 12.6. The summed E-state index contributed by atoms with van der Waals surface area (Å²) >= 11 is 0. The number of benzene rings is 2. The maximum atomic E-state index is 12.1. The lowest BCUT2D eigenvalue weighted by Crippen LogP contribution is -2.23. The third-order valence-corrected chi connectivity index (χ3v) is 3.52. The van der Waals surface area contributed by atoms with Crippen LogP contribution in [0.1, 0.15) is 5.56 Å². The number of nitrogens with zero attached hydrogens (tertiary/aromatic N) is 2. The normalized spacial score (nSPS) is 10.5. The molecule has 0 radical (unpaired) electrons. The van der Waals surface area contributed by atoms with Crippen LogP contribution in [-0.2, 0) is 6.54 Å². The molecule has 116 valence electrons. The largest absolute Gasteiger partial charge is 0.505 e. The summed E-state index contributed by atoms with van der Waals surface area (Å²) in [7, 11) is 1.60. The smallest absolute Gasteiger partial charge is 0.270 e. The monoisotopic (exact) mass is 308 g/mol. The van der Waals surface area contributed by atoms with Crippen LogP contribution in [0.2, 0.25) is 0 Å². The number of ether oxygens (including phenoxy) is 1. The van der Waals surface area contributed by atoms with E-state index in [1.54, 1.807) is 7.11 Å². The van der Waals surface area contributed by atoms with Gasteiger partial charge in [-0.15, -0.1) is 0 Å². The van der Waals surface area contributed by atoms with E-state index in [2.05, 4.69) is 5.10 Å². The van der Waals surface area contributed by atoms with Crippen LogP contribution in [-0.4, -0.2) is 22.0 Å². The average molecular weight is 308 g/mol. The van der Waals surface area contributed by atoms with Crippen LogP contribution < -0.4 is 10.3 Å². The number of aromatic nitrogens is 2. The fourth-order valence-corrected chi connectivity index (χ4v) is 2.30. The fraction of sp³-hybridized carbons (Fsp3) is 0.111. The summed E-state index contributed by atoms with van der Waals surface area (Å²) < 4.78 is 6.46. The Bertz CT molecular complexity index is 856. The van der Waals surface area contributed by atoms with Gasteiger partial charge in [-0.1, -0.05) is 42.5 Å². The van der Waals surface area contributed by atoms with Crippen molar-refractivity contribution in [2.75, 3.05) is 7.11 Å². The van der Waals surface area contributed by atoms with E-state index in [1.807, 2.05) is 54.6 Å².